The summed E-state index contributed by atoms with van der Waals surface area (Å²) in [5, 5.41) is 10.3. The Morgan fingerprint density at radius 2 is 1.70 bits per heavy atom. The molecule has 0 aliphatic carbocycles. The van der Waals surface area contributed by atoms with Crippen LogP contribution in [0.2, 0.25) is 0 Å². The Balaban J connectivity index is 2.19. The second-order valence-electron chi connectivity index (χ2n) is 5.37. The summed E-state index contributed by atoms with van der Waals surface area (Å²) in [4.78, 5) is 4.01. The number of hydrogen-bond acceptors (Lipinski definition) is 2. The quantitative estimate of drug-likeness (QED) is 0.752. The van der Waals surface area contributed by atoms with Crippen molar-refractivity contribution in [2.75, 3.05) is 0 Å². The first-order chi connectivity index (χ1) is 11.1. The van der Waals surface area contributed by atoms with Crippen LogP contribution in [0.3, 0.4) is 0 Å². The Labute approximate surface area is 134 Å². The van der Waals surface area contributed by atoms with Gasteiger partial charge in [-0.25, -0.2) is 4.39 Å². The fourth-order valence-electron chi connectivity index (χ4n) is 2.44. The van der Waals surface area contributed by atoms with Crippen LogP contribution in [0.25, 0.3) is 11.6 Å². The summed E-state index contributed by atoms with van der Waals surface area (Å²) in [5.41, 5.74) is 4.38. The molecular weight excluding hydrogens is 289 g/mol. The van der Waals surface area contributed by atoms with E-state index in [4.69, 9.17) is 0 Å². The minimum absolute atomic E-state index is 0.195. The maximum absolute atomic E-state index is 13.2. The number of phenolic OH excluding ortho intramolecular Hbond substituents is 1. The van der Waals surface area contributed by atoms with E-state index in [-0.39, 0.29) is 11.6 Å². The molecule has 0 aliphatic rings. The van der Waals surface area contributed by atoms with E-state index in [0.717, 1.165) is 22.3 Å². The molecule has 1 N–H and O–H groups in total. The number of aromatic nitrogens is 1. The zero-order chi connectivity index (χ0) is 16.2. The maximum atomic E-state index is 13.2. The van der Waals surface area contributed by atoms with E-state index in [9.17, 15) is 9.50 Å². The first-order valence-electron chi connectivity index (χ1n) is 7.31. The molecule has 3 rings (SSSR count). The van der Waals surface area contributed by atoms with Crippen LogP contribution >= 0.6 is 0 Å². The summed E-state index contributed by atoms with van der Waals surface area (Å²) in [5.74, 6) is -0.0919. The molecule has 114 valence electrons. The molecule has 0 unspecified atom stereocenters. The van der Waals surface area contributed by atoms with Gasteiger partial charge in [0.15, 0.2) is 0 Å². The van der Waals surface area contributed by atoms with Crippen molar-refractivity contribution in [1.82, 2.24) is 4.98 Å². The van der Waals surface area contributed by atoms with E-state index >= 15 is 0 Å². The smallest absolute Gasteiger partial charge is 0.123 e. The lowest BCUT2D eigenvalue weighted by molar-refractivity contribution is 0.473. The Morgan fingerprint density at radius 1 is 1.00 bits per heavy atom. The predicted octanol–water partition coefficient (Wildman–Crippen LogP) is 4.82. The van der Waals surface area contributed by atoms with Crippen LogP contribution in [0.1, 0.15) is 22.3 Å². The number of rotatable bonds is 3. The molecule has 0 atom stereocenters. The summed E-state index contributed by atoms with van der Waals surface area (Å²) in [6, 6.07) is 15.5. The highest BCUT2D eigenvalue weighted by Gasteiger charge is 2.11. The minimum Gasteiger partial charge on any atom is -0.507 e. The first-order valence-corrected chi connectivity index (χ1v) is 7.31. The third-order valence-corrected chi connectivity index (χ3v) is 3.61. The molecular formula is C20H16FNO. The van der Waals surface area contributed by atoms with Gasteiger partial charge < -0.3 is 5.11 Å². The summed E-state index contributed by atoms with van der Waals surface area (Å²) in [6.45, 7) is 1.97. The summed E-state index contributed by atoms with van der Waals surface area (Å²) < 4.78 is 13.2. The maximum Gasteiger partial charge on any atom is 0.123 e. The van der Waals surface area contributed by atoms with Gasteiger partial charge in [0.25, 0.3) is 0 Å². The number of aromatic hydroxyl groups is 1. The number of phenols is 1. The minimum atomic E-state index is -0.287. The van der Waals surface area contributed by atoms with Gasteiger partial charge in [-0.05, 0) is 66.1 Å². The molecule has 3 aromatic rings. The van der Waals surface area contributed by atoms with Crippen molar-refractivity contribution in [3.8, 4) is 5.75 Å². The van der Waals surface area contributed by atoms with Crippen LogP contribution in [-0.2, 0) is 0 Å². The van der Waals surface area contributed by atoms with Gasteiger partial charge in [-0.15, -0.1) is 0 Å². The second kappa shape index (κ2) is 6.44. The Kier molecular flexibility index (Phi) is 4.20. The number of aryl methyl sites for hydroxylation is 1. The topological polar surface area (TPSA) is 33.1 Å². The average molecular weight is 305 g/mol. The van der Waals surface area contributed by atoms with Gasteiger partial charge in [0, 0.05) is 18.0 Å². The van der Waals surface area contributed by atoms with Crippen LogP contribution in [0, 0.1) is 12.7 Å². The van der Waals surface area contributed by atoms with E-state index in [1.807, 2.05) is 37.3 Å². The molecule has 1 heterocycles. The van der Waals surface area contributed by atoms with Crippen molar-refractivity contribution in [1.29, 1.82) is 0 Å². The average Bonchev–Trinajstić information content (AvgIpc) is 2.57. The zero-order valence-electron chi connectivity index (χ0n) is 12.7. The number of hydrogen-bond donors (Lipinski definition) is 1. The van der Waals surface area contributed by atoms with Crippen LogP contribution in [0.5, 0.6) is 5.75 Å². The van der Waals surface area contributed by atoms with E-state index in [2.05, 4.69) is 4.98 Å². The molecule has 0 aliphatic heterocycles. The molecule has 0 saturated carbocycles. The van der Waals surface area contributed by atoms with Crippen LogP contribution in [-0.4, -0.2) is 10.1 Å². The van der Waals surface area contributed by atoms with Gasteiger partial charge >= 0.3 is 0 Å². The highest BCUT2D eigenvalue weighted by molar-refractivity contribution is 5.93. The molecule has 0 bridgehead atoms. The Hall–Kier alpha value is -2.94. The van der Waals surface area contributed by atoms with E-state index in [1.165, 1.54) is 12.1 Å². The largest absolute Gasteiger partial charge is 0.507 e. The summed E-state index contributed by atoms with van der Waals surface area (Å²) in [7, 11) is 0. The third-order valence-electron chi connectivity index (χ3n) is 3.61. The van der Waals surface area contributed by atoms with Gasteiger partial charge in [-0.3, -0.25) is 4.98 Å². The molecule has 0 amide bonds. The molecule has 2 aromatic carbocycles. The monoisotopic (exact) mass is 305 g/mol. The fraction of sp³-hybridized carbons (Fsp3) is 0.0500. The Morgan fingerprint density at radius 3 is 2.39 bits per heavy atom. The standard InChI is InChI=1S/C20H16FNO/c1-14-2-7-20(23)19(12-14)18(13-15-8-10-22-11-9-15)16-3-5-17(21)6-4-16/h2-13,23H,1H3/b18-13+. The normalized spacial score (nSPS) is 11.5. The summed E-state index contributed by atoms with van der Waals surface area (Å²) in [6.07, 6.45) is 5.39. The van der Waals surface area contributed by atoms with Crippen molar-refractivity contribution in [2.45, 2.75) is 6.92 Å². The molecule has 1 aromatic heterocycles. The first kappa shape index (κ1) is 15.0. The molecule has 2 nitrogen and oxygen atoms in total. The molecule has 0 spiro atoms. The highest BCUT2D eigenvalue weighted by atomic mass is 19.1. The van der Waals surface area contributed by atoms with Crippen LogP contribution in [0.4, 0.5) is 4.39 Å². The lowest BCUT2D eigenvalue weighted by Gasteiger charge is -2.12. The van der Waals surface area contributed by atoms with Crippen LogP contribution < -0.4 is 0 Å². The highest BCUT2D eigenvalue weighted by Crippen LogP contribution is 2.32. The second-order valence-corrected chi connectivity index (χ2v) is 5.37. The lowest BCUT2D eigenvalue weighted by Crippen LogP contribution is -1.91. The predicted molar refractivity (Wildman–Crippen MR) is 90.5 cm³/mol. The third kappa shape index (κ3) is 3.46. The van der Waals surface area contributed by atoms with Gasteiger partial charge in [0.2, 0.25) is 0 Å². The van der Waals surface area contributed by atoms with Gasteiger partial charge in [0.05, 0.1) is 0 Å². The van der Waals surface area contributed by atoms with E-state index in [0.29, 0.717) is 5.56 Å². The van der Waals surface area contributed by atoms with Crippen molar-refractivity contribution >= 4 is 11.6 Å². The van der Waals surface area contributed by atoms with Crippen molar-refractivity contribution in [2.24, 2.45) is 0 Å². The lowest BCUT2D eigenvalue weighted by atomic mass is 9.94. The molecule has 0 radical (unpaired) electrons. The number of benzene rings is 2. The van der Waals surface area contributed by atoms with Gasteiger partial charge in [-0.1, -0.05) is 23.8 Å². The van der Waals surface area contributed by atoms with Crippen molar-refractivity contribution in [3.63, 3.8) is 0 Å². The van der Waals surface area contributed by atoms with Crippen molar-refractivity contribution < 1.29 is 9.50 Å². The molecule has 3 heteroatoms. The molecule has 0 fully saturated rings. The summed E-state index contributed by atoms with van der Waals surface area (Å²) >= 11 is 0. The fourth-order valence-corrected chi connectivity index (χ4v) is 2.44. The number of halogens is 1. The number of nitrogens with zero attached hydrogens (tertiary/aromatic N) is 1. The molecule has 23 heavy (non-hydrogen) atoms. The van der Waals surface area contributed by atoms with Gasteiger partial charge in [0.1, 0.15) is 11.6 Å². The molecule has 0 saturated heterocycles. The van der Waals surface area contributed by atoms with E-state index in [1.54, 1.807) is 30.6 Å². The van der Waals surface area contributed by atoms with Crippen LogP contribution in [0.15, 0.2) is 67.0 Å². The Bertz CT molecular complexity index is 839. The number of pyridine rings is 1. The van der Waals surface area contributed by atoms with E-state index < -0.39 is 0 Å². The zero-order valence-corrected chi connectivity index (χ0v) is 12.7. The SMILES string of the molecule is Cc1ccc(O)c(/C(=C/c2ccncc2)c2ccc(F)cc2)c1. The van der Waals surface area contributed by atoms with Crippen molar-refractivity contribution in [3.05, 3.63) is 95.1 Å². The van der Waals surface area contributed by atoms with Gasteiger partial charge in [-0.2, -0.15) is 0 Å².